The van der Waals surface area contributed by atoms with E-state index in [4.69, 9.17) is 9.63 Å². The molecule has 0 aliphatic heterocycles. The summed E-state index contributed by atoms with van der Waals surface area (Å²) in [6.45, 7) is 1.96. The van der Waals surface area contributed by atoms with E-state index in [0.717, 1.165) is 6.42 Å². The van der Waals surface area contributed by atoms with Gasteiger partial charge < -0.3 is 9.63 Å². The molecule has 27 heavy (non-hydrogen) atoms. The Labute approximate surface area is 163 Å². The van der Waals surface area contributed by atoms with Crippen LogP contribution >= 0.6 is 9.47 Å². The average Bonchev–Trinajstić information content (AvgIpc) is 2.95. The average molecular weight is 402 g/mol. The topological polar surface area (TPSA) is 80.7 Å². The summed E-state index contributed by atoms with van der Waals surface area (Å²) in [4.78, 5) is 34.8. The van der Waals surface area contributed by atoms with E-state index >= 15 is 0 Å². The lowest BCUT2D eigenvalue weighted by Gasteiger charge is -2.22. The van der Waals surface area contributed by atoms with Gasteiger partial charge in [-0.05, 0) is 38.0 Å². The Kier molecular flexibility index (Phi) is 11.6. The number of hydrogen-bond acceptors (Lipinski definition) is 4. The summed E-state index contributed by atoms with van der Waals surface area (Å²) in [5.74, 6) is -1.41. The second kappa shape index (κ2) is 13.1. The lowest BCUT2D eigenvalue weighted by molar-refractivity contribution is -0.137. The van der Waals surface area contributed by atoms with Crippen LogP contribution in [0.15, 0.2) is 12.2 Å². The van der Waals surface area contributed by atoms with Crippen LogP contribution in [0.4, 0.5) is 4.39 Å². The van der Waals surface area contributed by atoms with Gasteiger partial charge in [0.05, 0.1) is 6.10 Å². The second-order valence-electron chi connectivity index (χ2n) is 7.22. The van der Waals surface area contributed by atoms with Crippen molar-refractivity contribution in [3.8, 4) is 0 Å². The number of carbonyl (C=O) groups is 3. The number of allylic oxidation sites excluding steroid dienone is 2. The Morgan fingerprint density at radius 3 is 2.70 bits per heavy atom. The Morgan fingerprint density at radius 2 is 2.07 bits per heavy atom. The fourth-order valence-corrected chi connectivity index (χ4v) is 3.88. The fraction of sp³-hybridized carbons (Fsp3) is 0.750. The highest BCUT2D eigenvalue weighted by atomic mass is 31.0. The predicted octanol–water partition coefficient (Wildman–Crippen LogP) is 4.45. The number of halogens is 1. The molecule has 5 nitrogen and oxygen atoms in total. The molecule has 1 saturated carbocycles. The summed E-state index contributed by atoms with van der Waals surface area (Å²) in [7, 11) is 2.19. The predicted molar refractivity (Wildman–Crippen MR) is 105 cm³/mol. The molecule has 0 amide bonds. The van der Waals surface area contributed by atoms with E-state index in [1.54, 1.807) is 0 Å². The molecule has 1 aliphatic rings. The molecule has 7 heteroatoms. The number of carbonyl (C=O) groups excluding carboxylic acids is 2. The van der Waals surface area contributed by atoms with Crippen molar-refractivity contribution in [3.05, 3.63) is 12.2 Å². The van der Waals surface area contributed by atoms with Gasteiger partial charge in [0.25, 0.3) is 0 Å². The van der Waals surface area contributed by atoms with Crippen molar-refractivity contribution < 1.29 is 28.4 Å². The zero-order valence-corrected chi connectivity index (χ0v) is 17.2. The van der Waals surface area contributed by atoms with Gasteiger partial charge >= 0.3 is 5.97 Å². The number of carboxylic acid groups (broad SMARTS) is 1. The smallest absolute Gasteiger partial charge is 0.303 e. The van der Waals surface area contributed by atoms with Crippen molar-refractivity contribution in [3.63, 3.8) is 0 Å². The first-order chi connectivity index (χ1) is 12.9. The van der Waals surface area contributed by atoms with E-state index in [9.17, 15) is 18.8 Å². The van der Waals surface area contributed by atoms with Gasteiger partial charge in [-0.2, -0.15) is 0 Å². The van der Waals surface area contributed by atoms with Gasteiger partial charge in [-0.1, -0.05) is 31.9 Å². The SMILES string of the molecule is CCCCC(F)C(=O)CCC1C(OP)CC(=O)C1C/C=C/CCCC(=O)O. The molecule has 0 spiro atoms. The van der Waals surface area contributed by atoms with E-state index in [1.165, 1.54) is 0 Å². The van der Waals surface area contributed by atoms with Crippen molar-refractivity contribution in [1.29, 1.82) is 0 Å². The fourth-order valence-electron chi connectivity index (χ4n) is 3.58. The van der Waals surface area contributed by atoms with Crippen LogP contribution < -0.4 is 0 Å². The highest BCUT2D eigenvalue weighted by Crippen LogP contribution is 2.38. The van der Waals surface area contributed by atoms with E-state index < -0.39 is 12.1 Å². The molecule has 0 heterocycles. The lowest BCUT2D eigenvalue weighted by Crippen LogP contribution is -2.24. The van der Waals surface area contributed by atoms with Crippen molar-refractivity contribution in [1.82, 2.24) is 0 Å². The maximum atomic E-state index is 13.9. The van der Waals surface area contributed by atoms with Crippen LogP contribution in [0.2, 0.25) is 0 Å². The minimum Gasteiger partial charge on any atom is -0.481 e. The Hall–Kier alpha value is -1.13. The Bertz CT molecular complexity index is 523. The Morgan fingerprint density at radius 1 is 1.33 bits per heavy atom. The van der Waals surface area contributed by atoms with Crippen LogP contribution in [-0.2, 0) is 18.9 Å². The summed E-state index contributed by atoms with van der Waals surface area (Å²) >= 11 is 0. The first-order valence-electron chi connectivity index (χ1n) is 9.82. The molecule has 0 radical (unpaired) electrons. The van der Waals surface area contributed by atoms with Crippen molar-refractivity contribution in [2.45, 2.75) is 83.4 Å². The van der Waals surface area contributed by atoms with Gasteiger partial charge in [0.2, 0.25) is 0 Å². The summed E-state index contributed by atoms with van der Waals surface area (Å²) in [5, 5.41) is 8.62. The third-order valence-electron chi connectivity index (χ3n) is 5.19. The van der Waals surface area contributed by atoms with Crippen molar-refractivity contribution in [2.24, 2.45) is 11.8 Å². The van der Waals surface area contributed by atoms with Gasteiger partial charge in [0.15, 0.2) is 12.0 Å². The van der Waals surface area contributed by atoms with E-state index in [1.807, 2.05) is 19.1 Å². The summed E-state index contributed by atoms with van der Waals surface area (Å²) in [5.41, 5.74) is 0. The first-order valence-corrected chi connectivity index (χ1v) is 10.3. The van der Waals surface area contributed by atoms with Crippen LogP contribution in [0.25, 0.3) is 0 Å². The monoisotopic (exact) mass is 402 g/mol. The first kappa shape index (κ1) is 23.9. The normalized spacial score (nSPS) is 23.8. The second-order valence-corrected chi connectivity index (χ2v) is 7.50. The number of alkyl halides is 1. The van der Waals surface area contributed by atoms with Gasteiger partial charge in [-0.25, -0.2) is 4.39 Å². The number of unbranched alkanes of at least 4 members (excludes halogenated alkanes) is 2. The molecular weight excluding hydrogens is 370 g/mol. The van der Waals surface area contributed by atoms with Crippen LogP contribution in [-0.4, -0.2) is 34.9 Å². The molecular formula is C20H32FO5P. The van der Waals surface area contributed by atoms with Crippen LogP contribution in [0, 0.1) is 11.8 Å². The molecule has 0 bridgehead atoms. The summed E-state index contributed by atoms with van der Waals surface area (Å²) < 4.78 is 19.2. The number of aliphatic carboxylic acids is 1. The largest absolute Gasteiger partial charge is 0.481 e. The molecule has 0 aromatic heterocycles. The lowest BCUT2D eigenvalue weighted by atomic mass is 9.86. The molecule has 1 N–H and O–H groups in total. The highest BCUT2D eigenvalue weighted by Gasteiger charge is 2.42. The summed E-state index contributed by atoms with van der Waals surface area (Å²) in [6.07, 6.45) is 6.75. The minimum absolute atomic E-state index is 0.0963. The molecule has 0 aromatic carbocycles. The van der Waals surface area contributed by atoms with E-state index in [2.05, 4.69) is 9.47 Å². The van der Waals surface area contributed by atoms with Gasteiger partial charge in [-0.15, -0.1) is 0 Å². The standard InChI is InChI=1S/C20H32FO5P/c1-2-3-9-16(21)17(22)12-11-15-14(18(23)13-19(15)26-27)8-6-4-5-7-10-20(24)25/h4,6,14-16,19H,2-3,5,7-13,27H2,1H3,(H,24,25)/b6-4+. The zero-order valence-electron chi connectivity index (χ0n) is 16.1. The number of rotatable bonds is 14. The van der Waals surface area contributed by atoms with Crippen LogP contribution in [0.1, 0.15) is 71.1 Å². The molecule has 0 aromatic rings. The van der Waals surface area contributed by atoms with Crippen molar-refractivity contribution >= 4 is 27.0 Å². The van der Waals surface area contributed by atoms with Crippen LogP contribution in [0.3, 0.4) is 0 Å². The minimum atomic E-state index is -1.41. The molecule has 5 atom stereocenters. The third kappa shape index (κ3) is 8.61. The molecule has 154 valence electrons. The number of ketones is 2. The molecule has 5 unspecified atom stereocenters. The quantitative estimate of drug-likeness (QED) is 0.264. The number of hydrogen-bond donors (Lipinski definition) is 1. The van der Waals surface area contributed by atoms with Gasteiger partial charge in [-0.3, -0.25) is 14.4 Å². The molecule has 1 fully saturated rings. The zero-order chi connectivity index (χ0) is 20.2. The maximum Gasteiger partial charge on any atom is 0.303 e. The summed E-state index contributed by atoms with van der Waals surface area (Å²) in [6, 6.07) is 0. The van der Waals surface area contributed by atoms with E-state index in [-0.39, 0.29) is 48.8 Å². The van der Waals surface area contributed by atoms with E-state index in [0.29, 0.717) is 38.5 Å². The molecule has 1 aliphatic carbocycles. The van der Waals surface area contributed by atoms with Gasteiger partial charge in [0, 0.05) is 34.6 Å². The number of carboxylic acids is 1. The highest BCUT2D eigenvalue weighted by molar-refractivity contribution is 7.09. The maximum absolute atomic E-state index is 13.9. The molecule has 0 saturated heterocycles. The van der Waals surface area contributed by atoms with Gasteiger partial charge in [0.1, 0.15) is 5.78 Å². The Balaban J connectivity index is 2.54. The van der Waals surface area contributed by atoms with Crippen LogP contribution in [0.5, 0.6) is 0 Å². The third-order valence-corrected chi connectivity index (χ3v) is 5.54. The number of Topliss-reactive ketones (excluding diaryl/α,β-unsaturated/α-hetero) is 2. The molecule has 1 rings (SSSR count). The van der Waals surface area contributed by atoms with Crippen molar-refractivity contribution in [2.75, 3.05) is 0 Å².